The highest BCUT2D eigenvalue weighted by molar-refractivity contribution is 14.0. The Kier molecular flexibility index (Phi) is 8.60. The van der Waals surface area contributed by atoms with Gasteiger partial charge in [-0.15, -0.1) is 24.0 Å². The molecule has 1 heterocycles. The van der Waals surface area contributed by atoms with Crippen molar-refractivity contribution in [3.8, 4) is 11.4 Å². The number of benzene rings is 2. The van der Waals surface area contributed by atoms with Gasteiger partial charge in [-0.25, -0.2) is 9.37 Å². The van der Waals surface area contributed by atoms with Gasteiger partial charge in [-0.05, 0) is 29.3 Å². The fourth-order valence-corrected chi connectivity index (χ4v) is 3.44. The number of H-pyrrole nitrogens is 1. The molecule has 0 saturated heterocycles. The van der Waals surface area contributed by atoms with Crippen molar-refractivity contribution in [2.45, 2.75) is 25.8 Å². The summed E-state index contributed by atoms with van der Waals surface area (Å²) >= 11 is 6.24. The highest BCUT2D eigenvalue weighted by Gasteiger charge is 2.24. The van der Waals surface area contributed by atoms with Gasteiger partial charge in [-0.1, -0.05) is 49.7 Å². The van der Waals surface area contributed by atoms with Crippen molar-refractivity contribution in [1.82, 2.24) is 25.8 Å². The van der Waals surface area contributed by atoms with Crippen molar-refractivity contribution in [1.29, 1.82) is 0 Å². The molecule has 9 heteroatoms. The number of aromatic amines is 1. The quantitative estimate of drug-likeness (QED) is 0.243. The van der Waals surface area contributed by atoms with Gasteiger partial charge in [0.05, 0.1) is 0 Å². The molecule has 0 saturated carbocycles. The predicted octanol–water partition coefficient (Wildman–Crippen LogP) is 4.53. The number of aromatic nitrogens is 3. The monoisotopic (exact) mass is 542 g/mol. The molecule has 3 N–H and O–H groups in total. The smallest absolute Gasteiger partial charge is 0.191 e. The number of rotatable bonds is 6. The van der Waals surface area contributed by atoms with Gasteiger partial charge < -0.3 is 10.6 Å². The molecule has 0 aliphatic rings. The van der Waals surface area contributed by atoms with Crippen LogP contribution in [0.2, 0.25) is 5.02 Å². The van der Waals surface area contributed by atoms with E-state index in [0.29, 0.717) is 24.1 Å². The highest BCUT2D eigenvalue weighted by atomic mass is 127. The van der Waals surface area contributed by atoms with Crippen molar-refractivity contribution >= 4 is 41.5 Å². The Bertz CT molecular complexity index is 991. The lowest BCUT2D eigenvalue weighted by atomic mass is 9.84. The van der Waals surface area contributed by atoms with Crippen molar-refractivity contribution in [2.24, 2.45) is 4.99 Å². The zero-order valence-electron chi connectivity index (χ0n) is 17.0. The van der Waals surface area contributed by atoms with Gasteiger partial charge in [0, 0.05) is 36.1 Å². The van der Waals surface area contributed by atoms with Gasteiger partial charge >= 0.3 is 0 Å². The van der Waals surface area contributed by atoms with Gasteiger partial charge in [-0.2, -0.15) is 5.10 Å². The summed E-state index contributed by atoms with van der Waals surface area (Å²) in [4.78, 5) is 8.46. The van der Waals surface area contributed by atoms with Crippen LogP contribution in [-0.2, 0) is 12.0 Å². The fourth-order valence-electron chi connectivity index (χ4n) is 3.02. The molecule has 0 spiro atoms. The molecule has 0 unspecified atom stereocenters. The molecule has 0 aliphatic carbocycles. The summed E-state index contributed by atoms with van der Waals surface area (Å²) in [6.45, 7) is 5.27. The molecular weight excluding hydrogens is 518 g/mol. The second kappa shape index (κ2) is 10.7. The zero-order chi connectivity index (χ0) is 20.9. The number of hydrogen-bond donors (Lipinski definition) is 3. The van der Waals surface area contributed by atoms with E-state index in [-0.39, 0.29) is 35.2 Å². The Morgan fingerprint density at radius 1 is 1.20 bits per heavy atom. The lowest BCUT2D eigenvalue weighted by Gasteiger charge is -2.27. The predicted molar refractivity (Wildman–Crippen MR) is 130 cm³/mol. The van der Waals surface area contributed by atoms with E-state index in [4.69, 9.17) is 11.6 Å². The third-order valence-electron chi connectivity index (χ3n) is 4.66. The normalized spacial score (nSPS) is 11.7. The standard InChI is InChI=1S/C21H24ClFN6.HI/c1-21(2,17-8-7-16(23)10-18(17)22)12-26-20(24-3)25-11-14-5-4-6-15(9-14)19-27-13-28-29-19;/h4-10,13H,11-12H2,1-3H3,(H2,24,25,26)(H,27,28,29);1H. The number of hydrogen-bond acceptors (Lipinski definition) is 3. The van der Waals surface area contributed by atoms with Crippen LogP contribution in [0.3, 0.4) is 0 Å². The molecule has 0 bridgehead atoms. The van der Waals surface area contributed by atoms with Gasteiger partial charge in [0.15, 0.2) is 11.8 Å². The molecule has 0 radical (unpaired) electrons. The van der Waals surface area contributed by atoms with E-state index in [1.165, 1.54) is 18.5 Å². The molecule has 0 amide bonds. The first kappa shape index (κ1) is 24.1. The minimum atomic E-state index is -0.340. The van der Waals surface area contributed by atoms with E-state index in [0.717, 1.165) is 22.5 Å². The van der Waals surface area contributed by atoms with Crippen LogP contribution in [-0.4, -0.2) is 34.7 Å². The topological polar surface area (TPSA) is 78.0 Å². The summed E-state index contributed by atoms with van der Waals surface area (Å²) in [6.07, 6.45) is 1.49. The van der Waals surface area contributed by atoms with E-state index in [1.807, 2.05) is 38.1 Å². The lowest BCUT2D eigenvalue weighted by Crippen LogP contribution is -2.43. The van der Waals surface area contributed by atoms with Gasteiger partial charge in [0.25, 0.3) is 0 Å². The molecule has 0 fully saturated rings. The maximum absolute atomic E-state index is 13.3. The van der Waals surface area contributed by atoms with Crippen LogP contribution in [0.1, 0.15) is 25.0 Å². The lowest BCUT2D eigenvalue weighted by molar-refractivity contribution is 0.507. The molecule has 6 nitrogen and oxygen atoms in total. The van der Waals surface area contributed by atoms with Gasteiger partial charge in [-0.3, -0.25) is 10.1 Å². The first-order chi connectivity index (χ1) is 13.9. The van der Waals surface area contributed by atoms with Crippen molar-refractivity contribution < 1.29 is 4.39 Å². The second-order valence-electron chi connectivity index (χ2n) is 7.32. The number of guanidine groups is 1. The molecule has 160 valence electrons. The third-order valence-corrected chi connectivity index (χ3v) is 4.97. The van der Waals surface area contributed by atoms with E-state index >= 15 is 0 Å². The van der Waals surface area contributed by atoms with Crippen LogP contribution in [0.25, 0.3) is 11.4 Å². The minimum Gasteiger partial charge on any atom is -0.356 e. The average Bonchev–Trinajstić information content (AvgIpc) is 3.23. The number of aliphatic imine (C=N–C) groups is 1. The molecule has 30 heavy (non-hydrogen) atoms. The Morgan fingerprint density at radius 3 is 2.67 bits per heavy atom. The van der Waals surface area contributed by atoms with Crippen LogP contribution in [0.15, 0.2) is 53.8 Å². The minimum absolute atomic E-state index is 0. The number of nitrogens with zero attached hydrogens (tertiary/aromatic N) is 3. The summed E-state index contributed by atoms with van der Waals surface area (Å²) in [5.41, 5.74) is 2.62. The van der Waals surface area contributed by atoms with Crippen molar-refractivity contribution in [2.75, 3.05) is 13.6 Å². The molecule has 0 atom stereocenters. The SMILES string of the molecule is CN=C(NCc1cccc(-c2ncn[nH]2)c1)NCC(C)(C)c1ccc(F)cc1Cl.I. The molecule has 3 rings (SSSR count). The first-order valence-electron chi connectivity index (χ1n) is 9.24. The number of nitrogens with one attached hydrogen (secondary N) is 3. The van der Waals surface area contributed by atoms with Crippen LogP contribution < -0.4 is 10.6 Å². The van der Waals surface area contributed by atoms with Crippen molar-refractivity contribution in [3.05, 3.63) is 70.8 Å². The molecule has 3 aromatic rings. The van der Waals surface area contributed by atoms with Crippen LogP contribution in [0.4, 0.5) is 4.39 Å². The Hall–Kier alpha value is -2.20. The maximum atomic E-state index is 13.3. The highest BCUT2D eigenvalue weighted by Crippen LogP contribution is 2.29. The second-order valence-corrected chi connectivity index (χ2v) is 7.73. The van der Waals surface area contributed by atoms with E-state index in [2.05, 4.69) is 30.8 Å². The maximum Gasteiger partial charge on any atom is 0.191 e. The van der Waals surface area contributed by atoms with Crippen LogP contribution in [0, 0.1) is 5.82 Å². The van der Waals surface area contributed by atoms with E-state index < -0.39 is 0 Å². The summed E-state index contributed by atoms with van der Waals surface area (Å²) in [5, 5.41) is 13.8. The summed E-state index contributed by atoms with van der Waals surface area (Å²) in [6, 6.07) is 12.5. The fraction of sp³-hybridized carbons (Fsp3) is 0.286. The van der Waals surface area contributed by atoms with Gasteiger partial charge in [0.1, 0.15) is 12.1 Å². The van der Waals surface area contributed by atoms with Crippen molar-refractivity contribution in [3.63, 3.8) is 0 Å². The van der Waals surface area contributed by atoms with Gasteiger partial charge in [0.2, 0.25) is 0 Å². The Labute approximate surface area is 197 Å². The number of halogens is 3. The summed E-state index contributed by atoms with van der Waals surface area (Å²) in [7, 11) is 1.72. The largest absolute Gasteiger partial charge is 0.356 e. The summed E-state index contributed by atoms with van der Waals surface area (Å²) < 4.78 is 13.3. The average molecular weight is 543 g/mol. The van der Waals surface area contributed by atoms with E-state index in [1.54, 1.807) is 13.1 Å². The Balaban J connectivity index is 0.00000320. The zero-order valence-corrected chi connectivity index (χ0v) is 20.1. The third kappa shape index (κ3) is 6.15. The first-order valence-corrected chi connectivity index (χ1v) is 9.61. The molecule has 1 aromatic heterocycles. The van der Waals surface area contributed by atoms with Crippen LogP contribution >= 0.6 is 35.6 Å². The van der Waals surface area contributed by atoms with E-state index in [9.17, 15) is 4.39 Å². The Morgan fingerprint density at radius 2 is 2.00 bits per heavy atom. The molecule has 0 aliphatic heterocycles. The van der Waals surface area contributed by atoms with Crippen LogP contribution in [0.5, 0.6) is 0 Å². The molecule has 2 aromatic carbocycles. The summed E-state index contributed by atoms with van der Waals surface area (Å²) in [5.74, 6) is 1.06. The molecular formula is C21H25ClFIN6.